The van der Waals surface area contributed by atoms with Crippen LogP contribution in [-0.2, 0) is 4.79 Å². The summed E-state index contributed by atoms with van der Waals surface area (Å²) < 4.78 is 0. The molecule has 3 nitrogen and oxygen atoms in total. The summed E-state index contributed by atoms with van der Waals surface area (Å²) in [6, 6.07) is 3.12. The quantitative estimate of drug-likeness (QED) is 0.923. The molecule has 1 aliphatic rings. The molecule has 1 aromatic heterocycles. The van der Waals surface area contributed by atoms with Crippen molar-refractivity contribution in [3.63, 3.8) is 0 Å². The predicted octanol–water partition coefficient (Wildman–Crippen LogP) is 3.35. The van der Waals surface area contributed by atoms with Crippen molar-refractivity contribution in [2.75, 3.05) is 13.1 Å². The largest absolute Gasteiger partial charge is 0.342 e. The molecule has 1 amide bonds. The van der Waals surface area contributed by atoms with Crippen LogP contribution in [0.25, 0.3) is 0 Å². The molecular weight excluding hydrogens is 268 g/mol. The van der Waals surface area contributed by atoms with Crippen molar-refractivity contribution in [2.24, 2.45) is 5.92 Å². The number of nitrogens with one attached hydrogen (secondary N) is 1. The lowest BCUT2D eigenvalue weighted by Gasteiger charge is -2.34. The van der Waals surface area contributed by atoms with Gasteiger partial charge in [-0.1, -0.05) is 13.8 Å². The Hall–Kier alpha value is -0.870. The number of hydrogen-bond donors (Lipinski definition) is 1. The molecule has 0 bridgehead atoms. The second-order valence-electron chi connectivity index (χ2n) is 6.11. The standard InChI is InChI=1S/C16H26N2OS/c1-11(2)16(19)18-8-5-14(6-9-18)17-13(4)15-12(3)7-10-20-15/h7,10-11,13-14,17H,5-6,8-9H2,1-4H3. The summed E-state index contributed by atoms with van der Waals surface area (Å²) in [5, 5.41) is 5.88. The number of likely N-dealkylation sites (tertiary alicyclic amines) is 1. The Morgan fingerprint density at radius 1 is 1.35 bits per heavy atom. The number of hydrogen-bond acceptors (Lipinski definition) is 3. The van der Waals surface area contributed by atoms with Crippen LogP contribution in [0.5, 0.6) is 0 Å². The van der Waals surface area contributed by atoms with Gasteiger partial charge in [-0.25, -0.2) is 0 Å². The van der Waals surface area contributed by atoms with Gasteiger partial charge in [-0.2, -0.15) is 0 Å². The van der Waals surface area contributed by atoms with E-state index < -0.39 is 0 Å². The Labute approximate surface area is 126 Å². The lowest BCUT2D eigenvalue weighted by molar-refractivity contribution is -0.135. The van der Waals surface area contributed by atoms with Crippen LogP contribution < -0.4 is 5.32 Å². The zero-order chi connectivity index (χ0) is 14.7. The fourth-order valence-corrected chi connectivity index (χ4v) is 3.83. The average Bonchev–Trinajstić information content (AvgIpc) is 2.85. The number of thiophene rings is 1. The summed E-state index contributed by atoms with van der Waals surface area (Å²) in [4.78, 5) is 15.4. The Morgan fingerprint density at radius 2 is 2.00 bits per heavy atom. The van der Waals surface area contributed by atoms with E-state index >= 15 is 0 Å². The molecular formula is C16H26N2OS. The van der Waals surface area contributed by atoms with Crippen LogP contribution in [0.1, 0.15) is 50.1 Å². The van der Waals surface area contributed by atoms with E-state index in [1.54, 1.807) is 0 Å². The Balaban J connectivity index is 1.83. The Morgan fingerprint density at radius 3 is 2.50 bits per heavy atom. The van der Waals surface area contributed by atoms with Gasteiger partial charge in [0.05, 0.1) is 0 Å². The fourth-order valence-electron chi connectivity index (χ4n) is 2.89. The van der Waals surface area contributed by atoms with Crippen LogP contribution in [0.4, 0.5) is 0 Å². The number of aryl methyl sites for hydroxylation is 1. The van der Waals surface area contributed by atoms with Gasteiger partial charge in [-0.15, -0.1) is 11.3 Å². The van der Waals surface area contributed by atoms with Crippen LogP contribution >= 0.6 is 11.3 Å². The molecule has 0 aliphatic carbocycles. The van der Waals surface area contributed by atoms with Crippen molar-refractivity contribution in [1.82, 2.24) is 10.2 Å². The Bertz CT molecular complexity index is 447. The van der Waals surface area contributed by atoms with Crippen molar-refractivity contribution in [1.29, 1.82) is 0 Å². The van der Waals surface area contributed by atoms with Crippen molar-refractivity contribution in [2.45, 2.75) is 52.6 Å². The maximum atomic E-state index is 12.0. The van der Waals surface area contributed by atoms with Gasteiger partial charge < -0.3 is 10.2 Å². The zero-order valence-corrected chi connectivity index (χ0v) is 13.8. The predicted molar refractivity (Wildman–Crippen MR) is 85.0 cm³/mol. The number of amides is 1. The van der Waals surface area contributed by atoms with Crippen LogP contribution in [0, 0.1) is 12.8 Å². The van der Waals surface area contributed by atoms with Crippen molar-refractivity contribution >= 4 is 17.2 Å². The van der Waals surface area contributed by atoms with Gasteiger partial charge >= 0.3 is 0 Å². The van der Waals surface area contributed by atoms with E-state index in [9.17, 15) is 4.79 Å². The topological polar surface area (TPSA) is 32.3 Å². The van der Waals surface area contributed by atoms with Gasteiger partial charge in [-0.3, -0.25) is 4.79 Å². The van der Waals surface area contributed by atoms with Crippen LogP contribution in [0.3, 0.4) is 0 Å². The molecule has 0 saturated carbocycles. The lowest BCUT2D eigenvalue weighted by atomic mass is 10.0. The molecule has 0 radical (unpaired) electrons. The molecule has 20 heavy (non-hydrogen) atoms. The van der Waals surface area contributed by atoms with E-state index in [-0.39, 0.29) is 5.92 Å². The van der Waals surface area contributed by atoms with Gasteiger partial charge in [-0.05, 0) is 43.7 Å². The molecule has 112 valence electrons. The lowest BCUT2D eigenvalue weighted by Crippen LogP contribution is -2.46. The second kappa shape index (κ2) is 6.72. The highest BCUT2D eigenvalue weighted by molar-refractivity contribution is 7.10. The highest BCUT2D eigenvalue weighted by Crippen LogP contribution is 2.25. The minimum atomic E-state index is 0.118. The molecule has 1 aliphatic heterocycles. The number of nitrogens with zero attached hydrogens (tertiary/aromatic N) is 1. The summed E-state index contributed by atoms with van der Waals surface area (Å²) in [7, 11) is 0. The fraction of sp³-hybridized carbons (Fsp3) is 0.688. The van der Waals surface area contributed by atoms with E-state index in [0.717, 1.165) is 25.9 Å². The van der Waals surface area contributed by atoms with E-state index in [1.807, 2.05) is 30.1 Å². The molecule has 4 heteroatoms. The van der Waals surface area contributed by atoms with Crippen molar-refractivity contribution < 1.29 is 4.79 Å². The van der Waals surface area contributed by atoms with E-state index in [0.29, 0.717) is 18.0 Å². The van der Waals surface area contributed by atoms with E-state index in [4.69, 9.17) is 0 Å². The van der Waals surface area contributed by atoms with Crippen LogP contribution in [0.15, 0.2) is 11.4 Å². The third-order valence-electron chi connectivity index (χ3n) is 4.08. The molecule has 1 fully saturated rings. The third kappa shape index (κ3) is 3.61. The molecule has 1 aromatic rings. The molecule has 1 saturated heterocycles. The molecule has 2 rings (SSSR count). The number of carbonyl (C=O) groups is 1. The maximum absolute atomic E-state index is 12.0. The van der Waals surface area contributed by atoms with E-state index in [2.05, 4.69) is 30.6 Å². The third-order valence-corrected chi connectivity index (χ3v) is 5.28. The van der Waals surface area contributed by atoms with Crippen LogP contribution in [-0.4, -0.2) is 29.9 Å². The van der Waals surface area contributed by atoms with Crippen LogP contribution in [0.2, 0.25) is 0 Å². The summed E-state index contributed by atoms with van der Waals surface area (Å²) in [6.45, 7) is 10.2. The van der Waals surface area contributed by atoms with Crippen molar-refractivity contribution in [3.05, 3.63) is 21.9 Å². The highest BCUT2D eigenvalue weighted by Gasteiger charge is 2.25. The van der Waals surface area contributed by atoms with Gasteiger partial charge in [0.1, 0.15) is 0 Å². The number of piperidine rings is 1. The summed E-state index contributed by atoms with van der Waals surface area (Å²) in [5.41, 5.74) is 1.38. The maximum Gasteiger partial charge on any atom is 0.225 e. The molecule has 0 spiro atoms. The zero-order valence-electron chi connectivity index (χ0n) is 13.0. The average molecular weight is 294 g/mol. The number of carbonyl (C=O) groups excluding carboxylic acids is 1. The summed E-state index contributed by atoms with van der Waals surface area (Å²) >= 11 is 1.83. The first-order valence-corrected chi connectivity index (χ1v) is 8.45. The SMILES string of the molecule is Cc1ccsc1C(C)NC1CCN(C(=O)C(C)C)CC1. The normalized spacial score (nSPS) is 18.6. The van der Waals surface area contributed by atoms with Gasteiger partial charge in [0.25, 0.3) is 0 Å². The van der Waals surface area contributed by atoms with Crippen molar-refractivity contribution in [3.8, 4) is 0 Å². The molecule has 0 aromatic carbocycles. The number of rotatable bonds is 4. The smallest absolute Gasteiger partial charge is 0.225 e. The first-order chi connectivity index (χ1) is 9.49. The van der Waals surface area contributed by atoms with Gasteiger partial charge in [0.15, 0.2) is 0 Å². The minimum Gasteiger partial charge on any atom is -0.342 e. The highest BCUT2D eigenvalue weighted by atomic mass is 32.1. The molecule has 2 heterocycles. The van der Waals surface area contributed by atoms with Gasteiger partial charge in [0.2, 0.25) is 5.91 Å². The molecule has 1 atom stereocenters. The molecule has 1 unspecified atom stereocenters. The Kier molecular flexibility index (Phi) is 5.22. The first-order valence-electron chi connectivity index (χ1n) is 7.58. The second-order valence-corrected chi connectivity index (χ2v) is 7.06. The summed E-state index contributed by atoms with van der Waals surface area (Å²) in [6.07, 6.45) is 2.13. The monoisotopic (exact) mass is 294 g/mol. The summed E-state index contributed by atoms with van der Waals surface area (Å²) in [5.74, 6) is 0.415. The molecule has 1 N–H and O–H groups in total. The van der Waals surface area contributed by atoms with Gasteiger partial charge in [0, 0.05) is 36.0 Å². The minimum absolute atomic E-state index is 0.118. The first kappa shape index (κ1) is 15.5. The van der Waals surface area contributed by atoms with E-state index in [1.165, 1.54) is 10.4 Å².